The van der Waals surface area contributed by atoms with Gasteiger partial charge in [0.05, 0.1) is 22.4 Å². The highest BCUT2D eigenvalue weighted by Crippen LogP contribution is 2.40. The number of H-pyrrole nitrogens is 1. The number of anilines is 3. The molecule has 1 saturated heterocycles. The molecule has 2 atom stereocenters. The first-order valence-corrected chi connectivity index (χ1v) is 14.1. The van der Waals surface area contributed by atoms with E-state index >= 15 is 8.78 Å². The molecular weight excluding hydrogens is 599 g/mol. The molecule has 2 aliphatic heterocycles. The van der Waals surface area contributed by atoms with E-state index in [1.165, 1.54) is 6.20 Å². The van der Waals surface area contributed by atoms with E-state index in [9.17, 15) is 22.8 Å². The molecule has 3 aromatic rings. The van der Waals surface area contributed by atoms with Gasteiger partial charge in [0.25, 0.3) is 5.91 Å². The Kier molecular flexibility index (Phi) is 8.61. The molecule has 0 spiro atoms. The second-order valence-corrected chi connectivity index (χ2v) is 11.1. The van der Waals surface area contributed by atoms with Gasteiger partial charge in [-0.3, -0.25) is 14.5 Å². The Labute approximate surface area is 254 Å². The third-order valence-corrected chi connectivity index (χ3v) is 8.21. The summed E-state index contributed by atoms with van der Waals surface area (Å²) in [5.74, 6) is -2.93. The summed E-state index contributed by atoms with van der Waals surface area (Å²) in [6, 6.07) is 4.71. The van der Waals surface area contributed by atoms with Crippen LogP contribution in [-0.2, 0) is 6.18 Å². The van der Waals surface area contributed by atoms with Crippen molar-refractivity contribution in [2.45, 2.75) is 38.5 Å². The maximum atomic E-state index is 16.5. The van der Waals surface area contributed by atoms with Crippen LogP contribution in [-0.4, -0.2) is 71.1 Å². The quantitative estimate of drug-likeness (QED) is 0.399. The third-order valence-electron chi connectivity index (χ3n) is 8.21. The molecule has 45 heavy (non-hydrogen) atoms. The molecule has 5 rings (SSSR count). The lowest BCUT2D eigenvalue weighted by atomic mass is 9.96. The second-order valence-electron chi connectivity index (χ2n) is 11.1. The second kappa shape index (κ2) is 12.3. The van der Waals surface area contributed by atoms with Crippen LogP contribution in [0.1, 0.15) is 47.6 Å². The summed E-state index contributed by atoms with van der Waals surface area (Å²) in [4.78, 5) is 40.6. The first-order valence-electron chi connectivity index (χ1n) is 14.1. The van der Waals surface area contributed by atoms with E-state index < -0.39 is 51.7 Å². The number of carbonyl (C=O) groups excluding carboxylic acids is 1. The van der Waals surface area contributed by atoms with Gasteiger partial charge in [-0.25, -0.2) is 18.7 Å². The van der Waals surface area contributed by atoms with Gasteiger partial charge in [-0.2, -0.15) is 18.4 Å². The fraction of sp³-hybridized carbons (Fsp3) is 0.367. The van der Waals surface area contributed by atoms with Gasteiger partial charge in [-0.15, -0.1) is 0 Å². The number of alkyl halides is 3. The van der Waals surface area contributed by atoms with Crippen LogP contribution in [0.3, 0.4) is 0 Å². The fourth-order valence-corrected chi connectivity index (χ4v) is 5.63. The van der Waals surface area contributed by atoms with Crippen molar-refractivity contribution in [2.24, 2.45) is 0 Å². The molecule has 0 bridgehead atoms. The summed E-state index contributed by atoms with van der Waals surface area (Å²) in [6.45, 7) is 4.99. The van der Waals surface area contributed by atoms with Gasteiger partial charge in [0.2, 0.25) is 11.4 Å². The number of benzene rings is 1. The predicted octanol–water partition coefficient (Wildman–Crippen LogP) is 4.41. The summed E-state index contributed by atoms with van der Waals surface area (Å²) in [6.07, 6.45) is -1.25. The molecule has 2 N–H and O–H groups in total. The highest BCUT2D eigenvalue weighted by Gasteiger charge is 2.37. The molecule has 1 aromatic carbocycles. The van der Waals surface area contributed by atoms with Crippen molar-refractivity contribution in [2.75, 3.05) is 48.3 Å². The zero-order valence-electron chi connectivity index (χ0n) is 24.5. The topological polar surface area (TPSA) is 121 Å². The van der Waals surface area contributed by atoms with Crippen molar-refractivity contribution < 1.29 is 26.7 Å². The van der Waals surface area contributed by atoms with Crippen molar-refractivity contribution in [3.8, 4) is 6.07 Å². The average molecular weight is 629 g/mol. The van der Waals surface area contributed by atoms with Crippen LogP contribution in [0.15, 0.2) is 41.5 Å². The number of aromatic nitrogens is 3. The lowest BCUT2D eigenvalue weighted by molar-refractivity contribution is -0.138. The minimum Gasteiger partial charge on any atom is -0.367 e. The van der Waals surface area contributed by atoms with Gasteiger partial charge >= 0.3 is 6.18 Å². The van der Waals surface area contributed by atoms with Crippen LogP contribution in [0.4, 0.5) is 39.1 Å². The molecule has 2 aliphatic rings. The zero-order valence-corrected chi connectivity index (χ0v) is 24.5. The SMILES string of the molecule is CC1CN(c2cc(F)c(C3=CCN(c4ccnc(C#N)n4)CC3)c(F)c2NC(=O)c2c[nH]c(=O)cc2C(F)(F)F)CC(C)N1C. The van der Waals surface area contributed by atoms with Crippen LogP contribution in [0, 0.1) is 23.0 Å². The first-order chi connectivity index (χ1) is 21.3. The number of nitrogens with zero attached hydrogens (tertiary/aromatic N) is 6. The number of halogens is 5. The van der Waals surface area contributed by atoms with Gasteiger partial charge in [0.15, 0.2) is 5.82 Å². The molecule has 4 heterocycles. The Balaban J connectivity index is 1.57. The number of hydrogen-bond donors (Lipinski definition) is 2. The average Bonchev–Trinajstić information content (AvgIpc) is 3.00. The van der Waals surface area contributed by atoms with Crippen LogP contribution >= 0.6 is 0 Å². The molecule has 1 amide bonds. The molecule has 15 heteroatoms. The van der Waals surface area contributed by atoms with Crippen LogP contribution in [0.2, 0.25) is 0 Å². The van der Waals surface area contributed by atoms with Crippen molar-refractivity contribution in [3.63, 3.8) is 0 Å². The summed E-state index contributed by atoms with van der Waals surface area (Å²) < 4.78 is 73.6. The van der Waals surface area contributed by atoms with Crippen molar-refractivity contribution in [1.29, 1.82) is 5.26 Å². The maximum Gasteiger partial charge on any atom is 0.417 e. The third kappa shape index (κ3) is 6.37. The van der Waals surface area contributed by atoms with Crippen LogP contribution in [0.5, 0.6) is 0 Å². The number of nitriles is 1. The number of carbonyl (C=O) groups is 1. The number of pyridine rings is 1. The molecule has 1 fully saturated rings. The molecule has 0 radical (unpaired) electrons. The van der Waals surface area contributed by atoms with E-state index in [0.29, 0.717) is 25.1 Å². The summed E-state index contributed by atoms with van der Waals surface area (Å²) in [5.41, 5.74) is -4.10. The summed E-state index contributed by atoms with van der Waals surface area (Å²) >= 11 is 0. The Morgan fingerprint density at radius 1 is 1.16 bits per heavy atom. The fourth-order valence-electron chi connectivity index (χ4n) is 5.63. The highest BCUT2D eigenvalue weighted by atomic mass is 19.4. The van der Waals surface area contributed by atoms with E-state index in [4.69, 9.17) is 5.26 Å². The van der Waals surface area contributed by atoms with E-state index in [0.717, 1.165) is 6.07 Å². The monoisotopic (exact) mass is 628 g/mol. The van der Waals surface area contributed by atoms with Gasteiger partial charge < -0.3 is 20.1 Å². The number of likely N-dealkylation sites (N-methyl/N-ethyl adjacent to an activating group) is 1. The standard InChI is InChI=1S/C30H29F5N8O2/c1-16-14-43(15-17(2)41(16)3)22-11-21(31)26(18-5-8-42(9-6-18)24-4-7-37-23(12-36)39-24)27(32)28(22)40-29(45)19-13-38-25(44)10-20(19)30(33,34)35/h4-5,7,10-11,13,16-17H,6,8-9,14-15H2,1-3H3,(H,38,44)(H,40,45). The number of amides is 1. The van der Waals surface area contributed by atoms with Gasteiger partial charge in [0, 0.05) is 62.8 Å². The molecule has 0 aliphatic carbocycles. The number of aromatic amines is 1. The highest BCUT2D eigenvalue weighted by molar-refractivity contribution is 6.07. The minimum atomic E-state index is -5.05. The Bertz CT molecular complexity index is 1750. The van der Waals surface area contributed by atoms with Crippen molar-refractivity contribution >= 4 is 28.7 Å². The molecule has 236 valence electrons. The van der Waals surface area contributed by atoms with E-state index in [2.05, 4.69) is 25.2 Å². The smallest absolute Gasteiger partial charge is 0.367 e. The molecule has 0 saturated carbocycles. The van der Waals surface area contributed by atoms with Crippen LogP contribution < -0.4 is 20.7 Å². The van der Waals surface area contributed by atoms with Crippen molar-refractivity contribution in [3.05, 3.63) is 81.2 Å². The Morgan fingerprint density at radius 2 is 1.87 bits per heavy atom. The van der Waals surface area contributed by atoms with E-state index in [1.807, 2.05) is 27.0 Å². The van der Waals surface area contributed by atoms with Gasteiger partial charge in [-0.1, -0.05) is 6.08 Å². The zero-order chi connectivity index (χ0) is 32.6. The molecule has 2 aromatic heterocycles. The number of hydrogen-bond acceptors (Lipinski definition) is 8. The molecular formula is C30H29F5N8O2. The van der Waals surface area contributed by atoms with E-state index in [-0.39, 0.29) is 54.7 Å². The Hall–Kier alpha value is -4.84. The van der Waals surface area contributed by atoms with Crippen LogP contribution in [0.25, 0.3) is 5.57 Å². The molecule has 10 nitrogen and oxygen atoms in total. The first kappa shape index (κ1) is 31.6. The minimum absolute atomic E-state index is 0.0186. The van der Waals surface area contributed by atoms with Crippen molar-refractivity contribution in [1.82, 2.24) is 19.9 Å². The molecule has 2 unspecified atom stereocenters. The van der Waals surface area contributed by atoms with Gasteiger partial charge in [0.1, 0.15) is 23.4 Å². The predicted molar refractivity (Wildman–Crippen MR) is 157 cm³/mol. The maximum absolute atomic E-state index is 16.5. The summed E-state index contributed by atoms with van der Waals surface area (Å²) in [7, 11) is 1.91. The lowest BCUT2D eigenvalue weighted by Crippen LogP contribution is -2.55. The Morgan fingerprint density at radius 3 is 2.49 bits per heavy atom. The number of nitrogens with one attached hydrogen (secondary N) is 2. The number of rotatable bonds is 5. The van der Waals surface area contributed by atoms with E-state index in [1.54, 1.807) is 21.9 Å². The normalized spacial score (nSPS) is 19.2. The summed E-state index contributed by atoms with van der Waals surface area (Å²) in [5, 5.41) is 11.4. The number of piperazine rings is 1. The van der Waals surface area contributed by atoms with Gasteiger partial charge in [-0.05, 0) is 39.0 Å². The largest absolute Gasteiger partial charge is 0.417 e. The lowest BCUT2D eigenvalue weighted by Gasteiger charge is -2.44.